The first-order valence-corrected chi connectivity index (χ1v) is 4.97. The summed E-state index contributed by atoms with van der Waals surface area (Å²) >= 11 is 0. The Labute approximate surface area is 87.6 Å². The lowest BCUT2D eigenvalue weighted by molar-refractivity contribution is -0.143. The van der Waals surface area contributed by atoms with Crippen LogP contribution < -0.4 is 5.32 Å². The lowest BCUT2D eigenvalue weighted by Gasteiger charge is -2.28. The largest absolute Gasteiger partial charge is 0.481 e. The van der Waals surface area contributed by atoms with Crippen LogP contribution in [0.1, 0.15) is 17.9 Å². The van der Waals surface area contributed by atoms with Gasteiger partial charge in [0.2, 0.25) is 0 Å². The van der Waals surface area contributed by atoms with Crippen LogP contribution in [-0.2, 0) is 4.79 Å². The number of nitrogens with zero attached hydrogens (tertiary/aromatic N) is 2. The van der Waals surface area contributed by atoms with Gasteiger partial charge in [0.05, 0.1) is 5.92 Å². The minimum atomic E-state index is -0.731. The molecular weight excluding hydrogens is 194 g/mol. The van der Waals surface area contributed by atoms with Gasteiger partial charge in [-0.25, -0.2) is 9.97 Å². The number of nitrogens with one attached hydrogen (secondary N) is 1. The Morgan fingerprint density at radius 3 is 2.87 bits per heavy atom. The molecule has 0 bridgehead atoms. The van der Waals surface area contributed by atoms with Crippen molar-refractivity contribution >= 4 is 5.97 Å². The summed E-state index contributed by atoms with van der Waals surface area (Å²) in [4.78, 5) is 18.9. The monoisotopic (exact) mass is 207 g/mol. The molecule has 0 radical (unpaired) electrons. The van der Waals surface area contributed by atoms with Gasteiger partial charge >= 0.3 is 5.97 Å². The molecule has 2 atom stereocenters. The number of carboxylic acids is 1. The van der Waals surface area contributed by atoms with Crippen molar-refractivity contribution in [1.82, 2.24) is 15.3 Å². The van der Waals surface area contributed by atoms with Crippen molar-refractivity contribution in [3.05, 3.63) is 24.3 Å². The van der Waals surface area contributed by atoms with Crippen LogP contribution in [0.4, 0.5) is 0 Å². The Bertz CT molecular complexity index is 342. The number of aliphatic carboxylic acids is 1. The van der Waals surface area contributed by atoms with Crippen molar-refractivity contribution in [1.29, 1.82) is 0 Å². The van der Waals surface area contributed by atoms with E-state index >= 15 is 0 Å². The number of aromatic nitrogens is 2. The van der Waals surface area contributed by atoms with E-state index in [0.29, 0.717) is 13.0 Å². The predicted octanol–water partition coefficient (Wildman–Crippen LogP) is 0.254. The Balaban J connectivity index is 2.22. The Morgan fingerprint density at radius 1 is 1.47 bits per heavy atom. The maximum absolute atomic E-state index is 11.1. The smallest absolute Gasteiger partial charge is 0.307 e. The van der Waals surface area contributed by atoms with E-state index in [2.05, 4.69) is 15.3 Å². The molecular formula is C10H13N3O2. The van der Waals surface area contributed by atoms with Crippen LogP contribution in [0.5, 0.6) is 0 Å². The molecule has 15 heavy (non-hydrogen) atoms. The fourth-order valence-corrected chi connectivity index (χ4v) is 2.01. The molecule has 0 aromatic carbocycles. The van der Waals surface area contributed by atoms with Gasteiger partial charge in [0, 0.05) is 24.9 Å². The van der Waals surface area contributed by atoms with E-state index in [1.165, 1.54) is 6.33 Å². The molecule has 1 fully saturated rings. The van der Waals surface area contributed by atoms with Crippen LogP contribution in [0, 0.1) is 5.92 Å². The Kier molecular flexibility index (Phi) is 2.91. The molecule has 2 unspecified atom stereocenters. The average Bonchev–Trinajstić information content (AvgIpc) is 2.30. The van der Waals surface area contributed by atoms with Gasteiger partial charge < -0.3 is 10.4 Å². The zero-order valence-electron chi connectivity index (χ0n) is 8.26. The molecule has 1 aromatic rings. The highest BCUT2D eigenvalue weighted by atomic mass is 16.4. The van der Waals surface area contributed by atoms with Crippen molar-refractivity contribution < 1.29 is 9.90 Å². The third-order valence-corrected chi connectivity index (χ3v) is 2.81. The lowest BCUT2D eigenvalue weighted by Crippen LogP contribution is -2.38. The van der Waals surface area contributed by atoms with Crippen LogP contribution in [0.15, 0.2) is 18.7 Å². The second-order valence-electron chi connectivity index (χ2n) is 3.72. The number of rotatable bonds is 2. The van der Waals surface area contributed by atoms with Crippen molar-refractivity contribution in [2.24, 2.45) is 5.92 Å². The summed E-state index contributed by atoms with van der Waals surface area (Å²) in [5, 5.41) is 12.3. The van der Waals surface area contributed by atoms with Crippen LogP contribution >= 0.6 is 0 Å². The minimum absolute atomic E-state index is 0.0163. The van der Waals surface area contributed by atoms with Gasteiger partial charge in [0.25, 0.3) is 0 Å². The molecule has 0 saturated carbocycles. The molecule has 1 saturated heterocycles. The molecule has 2 N–H and O–H groups in total. The van der Waals surface area contributed by atoms with Gasteiger partial charge in [0.15, 0.2) is 0 Å². The molecule has 1 aromatic heterocycles. The summed E-state index contributed by atoms with van der Waals surface area (Å²) in [6.07, 6.45) is 5.51. The first-order valence-electron chi connectivity index (χ1n) is 4.97. The lowest BCUT2D eigenvalue weighted by atomic mass is 9.83. The van der Waals surface area contributed by atoms with Gasteiger partial charge in [-0.15, -0.1) is 0 Å². The highest BCUT2D eigenvalue weighted by Gasteiger charge is 2.31. The summed E-state index contributed by atoms with van der Waals surface area (Å²) in [5.41, 5.74) is 0.900. The number of piperidine rings is 1. The standard InChI is InChI=1S/C10H13N3O2/c14-10(15)8-1-2-11-5-9(8)7-3-12-6-13-4-7/h3-4,6,8-9,11H,1-2,5H2,(H,14,15). The minimum Gasteiger partial charge on any atom is -0.481 e. The molecule has 1 aliphatic heterocycles. The van der Waals surface area contributed by atoms with E-state index in [-0.39, 0.29) is 11.8 Å². The van der Waals surface area contributed by atoms with Gasteiger partial charge in [-0.1, -0.05) is 0 Å². The first-order chi connectivity index (χ1) is 7.29. The highest BCUT2D eigenvalue weighted by molar-refractivity contribution is 5.71. The third-order valence-electron chi connectivity index (χ3n) is 2.81. The zero-order chi connectivity index (χ0) is 10.7. The van der Waals surface area contributed by atoms with E-state index in [1.54, 1.807) is 12.4 Å². The summed E-state index contributed by atoms with van der Waals surface area (Å²) in [5.74, 6) is -1.07. The van der Waals surface area contributed by atoms with E-state index in [9.17, 15) is 4.79 Å². The third kappa shape index (κ3) is 2.12. The molecule has 0 spiro atoms. The summed E-state index contributed by atoms with van der Waals surface area (Å²) in [6, 6.07) is 0. The first kappa shape index (κ1) is 10.0. The van der Waals surface area contributed by atoms with Gasteiger partial charge in [-0.05, 0) is 18.5 Å². The topological polar surface area (TPSA) is 75.1 Å². The van der Waals surface area contributed by atoms with Gasteiger partial charge in [-0.2, -0.15) is 0 Å². The SMILES string of the molecule is O=C(O)C1CCNCC1c1cncnc1. The molecule has 2 rings (SSSR count). The van der Waals surface area contributed by atoms with Crippen molar-refractivity contribution in [2.45, 2.75) is 12.3 Å². The Morgan fingerprint density at radius 2 is 2.20 bits per heavy atom. The maximum atomic E-state index is 11.1. The van der Waals surface area contributed by atoms with E-state index in [4.69, 9.17) is 5.11 Å². The molecule has 5 nitrogen and oxygen atoms in total. The second kappa shape index (κ2) is 4.35. The predicted molar refractivity (Wildman–Crippen MR) is 53.4 cm³/mol. The molecule has 2 heterocycles. The highest BCUT2D eigenvalue weighted by Crippen LogP contribution is 2.28. The maximum Gasteiger partial charge on any atom is 0.307 e. The van der Waals surface area contributed by atoms with Crippen LogP contribution in [0.3, 0.4) is 0 Å². The zero-order valence-corrected chi connectivity index (χ0v) is 8.26. The quantitative estimate of drug-likeness (QED) is 0.727. The van der Waals surface area contributed by atoms with Gasteiger partial charge in [0.1, 0.15) is 6.33 Å². The van der Waals surface area contributed by atoms with E-state index in [1.807, 2.05) is 0 Å². The summed E-state index contributed by atoms with van der Waals surface area (Å²) < 4.78 is 0. The van der Waals surface area contributed by atoms with E-state index in [0.717, 1.165) is 12.1 Å². The second-order valence-corrected chi connectivity index (χ2v) is 3.72. The summed E-state index contributed by atoms with van der Waals surface area (Å²) in [6.45, 7) is 1.45. The summed E-state index contributed by atoms with van der Waals surface area (Å²) in [7, 11) is 0. The van der Waals surface area contributed by atoms with Gasteiger partial charge in [-0.3, -0.25) is 4.79 Å². The fourth-order valence-electron chi connectivity index (χ4n) is 2.01. The molecule has 1 aliphatic rings. The number of hydrogen-bond donors (Lipinski definition) is 2. The normalized spacial score (nSPS) is 26.1. The average molecular weight is 207 g/mol. The van der Waals surface area contributed by atoms with Crippen LogP contribution in [0.2, 0.25) is 0 Å². The number of carbonyl (C=O) groups is 1. The van der Waals surface area contributed by atoms with Crippen LogP contribution in [0.25, 0.3) is 0 Å². The fraction of sp³-hybridized carbons (Fsp3) is 0.500. The molecule has 0 amide bonds. The van der Waals surface area contributed by atoms with Crippen LogP contribution in [-0.4, -0.2) is 34.1 Å². The van der Waals surface area contributed by atoms with Crippen molar-refractivity contribution in [3.63, 3.8) is 0 Å². The molecule has 0 aliphatic carbocycles. The van der Waals surface area contributed by atoms with Crippen molar-refractivity contribution in [2.75, 3.05) is 13.1 Å². The van der Waals surface area contributed by atoms with Crippen molar-refractivity contribution in [3.8, 4) is 0 Å². The molecule has 5 heteroatoms. The Hall–Kier alpha value is -1.49. The number of carboxylic acid groups (broad SMARTS) is 1. The molecule has 80 valence electrons. The van der Waals surface area contributed by atoms with E-state index < -0.39 is 5.97 Å². The number of hydrogen-bond acceptors (Lipinski definition) is 4.